The van der Waals surface area contributed by atoms with Crippen molar-refractivity contribution in [3.63, 3.8) is 0 Å². The fraction of sp³-hybridized carbons (Fsp3) is 0.227. The molecule has 0 saturated heterocycles. The van der Waals surface area contributed by atoms with Crippen molar-refractivity contribution in [2.45, 2.75) is 26.4 Å². The van der Waals surface area contributed by atoms with Gasteiger partial charge in [-0.05, 0) is 57.2 Å². The second-order valence-corrected chi connectivity index (χ2v) is 7.79. The normalized spacial score (nSPS) is 11.0. The number of ether oxygens (including phenoxy) is 1. The molecule has 31 heavy (non-hydrogen) atoms. The first kappa shape index (κ1) is 21.8. The summed E-state index contributed by atoms with van der Waals surface area (Å²) in [7, 11) is 0. The molecule has 5 N–H and O–H groups in total. The summed E-state index contributed by atoms with van der Waals surface area (Å²) in [4.78, 5) is 20.1. The van der Waals surface area contributed by atoms with Crippen molar-refractivity contribution in [3.05, 3.63) is 60.5 Å². The molecule has 1 aromatic heterocycles. The monoisotopic (exact) mass is 424 g/mol. The fourth-order valence-corrected chi connectivity index (χ4v) is 2.66. The fourth-order valence-electron chi connectivity index (χ4n) is 2.66. The van der Waals surface area contributed by atoms with Crippen molar-refractivity contribution in [2.75, 3.05) is 28.2 Å². The Morgan fingerprint density at radius 1 is 1.06 bits per heavy atom. The molecule has 9 heteroatoms. The van der Waals surface area contributed by atoms with Gasteiger partial charge in [0.2, 0.25) is 5.95 Å². The highest BCUT2D eigenvalue weighted by atomic mass is 19.1. The Bertz CT molecular complexity index is 1070. The molecule has 0 amide bonds. The topological polar surface area (TPSA) is 114 Å². The first-order valence-corrected chi connectivity index (χ1v) is 9.66. The Kier molecular flexibility index (Phi) is 6.54. The number of rotatable bonds is 7. The van der Waals surface area contributed by atoms with Crippen molar-refractivity contribution < 1.29 is 13.9 Å². The zero-order valence-corrected chi connectivity index (χ0v) is 17.6. The molecule has 0 atom stereocenters. The molecule has 0 aliphatic rings. The maximum atomic E-state index is 14.2. The van der Waals surface area contributed by atoms with Crippen LogP contribution in [0.25, 0.3) is 0 Å². The lowest BCUT2D eigenvalue weighted by Gasteiger charge is -2.19. The van der Waals surface area contributed by atoms with Crippen LogP contribution in [0.15, 0.2) is 54.7 Å². The number of benzene rings is 2. The van der Waals surface area contributed by atoms with Crippen LogP contribution >= 0.6 is 0 Å². The minimum atomic E-state index is -0.597. The van der Waals surface area contributed by atoms with Gasteiger partial charge < -0.3 is 26.4 Å². The number of nitrogens with two attached hydrogens (primary N) is 1. The van der Waals surface area contributed by atoms with E-state index < -0.39 is 11.4 Å². The minimum absolute atomic E-state index is 0.0160. The van der Waals surface area contributed by atoms with Crippen LogP contribution in [0.3, 0.4) is 0 Å². The molecule has 2 aromatic carbocycles. The molecule has 0 aliphatic carbocycles. The van der Waals surface area contributed by atoms with Gasteiger partial charge in [0.15, 0.2) is 11.6 Å². The lowest BCUT2D eigenvalue weighted by atomic mass is 10.2. The highest BCUT2D eigenvalue weighted by molar-refractivity contribution is 5.76. The number of nitrogens with zero attached hydrogens (tertiary/aromatic N) is 2. The quantitative estimate of drug-likeness (QED) is 0.325. The molecule has 0 aliphatic heterocycles. The molecular formula is C22H25FN6O2. The van der Waals surface area contributed by atoms with Crippen LogP contribution in [0.4, 0.5) is 38.9 Å². The van der Waals surface area contributed by atoms with Gasteiger partial charge in [0.1, 0.15) is 12.1 Å². The molecule has 8 nitrogen and oxygen atoms in total. The summed E-state index contributed by atoms with van der Waals surface area (Å²) in [6.45, 7) is 5.47. The second kappa shape index (κ2) is 9.29. The predicted octanol–water partition coefficient (Wildman–Crippen LogP) is 4.44. The van der Waals surface area contributed by atoms with E-state index in [4.69, 9.17) is 10.5 Å². The van der Waals surface area contributed by atoms with Gasteiger partial charge in [0.05, 0.1) is 6.20 Å². The van der Waals surface area contributed by atoms with Crippen LogP contribution in [0, 0.1) is 5.82 Å². The smallest absolute Gasteiger partial charge is 0.325 e. The number of hydrogen-bond acceptors (Lipinski definition) is 8. The molecular weight excluding hydrogens is 399 g/mol. The van der Waals surface area contributed by atoms with E-state index in [9.17, 15) is 9.18 Å². The largest absolute Gasteiger partial charge is 0.459 e. The van der Waals surface area contributed by atoms with Gasteiger partial charge in [0, 0.05) is 22.7 Å². The summed E-state index contributed by atoms with van der Waals surface area (Å²) in [5.41, 5.74) is 7.74. The van der Waals surface area contributed by atoms with E-state index in [1.165, 1.54) is 0 Å². The van der Waals surface area contributed by atoms with Crippen molar-refractivity contribution in [1.82, 2.24) is 9.97 Å². The molecule has 0 radical (unpaired) electrons. The van der Waals surface area contributed by atoms with Crippen LogP contribution < -0.4 is 21.7 Å². The van der Waals surface area contributed by atoms with Crippen LogP contribution in [0.5, 0.6) is 0 Å². The number of nitrogen functional groups attached to an aromatic ring is 1. The van der Waals surface area contributed by atoms with E-state index >= 15 is 0 Å². The number of hydrogen-bond donors (Lipinski definition) is 4. The number of carbonyl (C=O) groups excluding carboxylic acids is 1. The van der Waals surface area contributed by atoms with Gasteiger partial charge >= 0.3 is 5.97 Å². The molecule has 3 aromatic rings. The minimum Gasteiger partial charge on any atom is -0.459 e. The number of nitrogens with one attached hydrogen (secondary N) is 3. The third-order valence-corrected chi connectivity index (χ3v) is 3.87. The summed E-state index contributed by atoms with van der Waals surface area (Å²) < 4.78 is 19.4. The molecule has 0 bridgehead atoms. The Morgan fingerprint density at radius 3 is 2.45 bits per heavy atom. The summed E-state index contributed by atoms with van der Waals surface area (Å²) in [6.07, 6.45) is 1.08. The van der Waals surface area contributed by atoms with Gasteiger partial charge in [-0.25, -0.2) is 9.37 Å². The van der Waals surface area contributed by atoms with Gasteiger partial charge in [-0.3, -0.25) is 4.79 Å². The lowest BCUT2D eigenvalue weighted by Crippen LogP contribution is -2.28. The molecule has 0 unspecified atom stereocenters. The predicted molar refractivity (Wildman–Crippen MR) is 120 cm³/mol. The van der Waals surface area contributed by atoms with Crippen molar-refractivity contribution in [1.29, 1.82) is 0 Å². The van der Waals surface area contributed by atoms with E-state index in [1.807, 2.05) is 26.8 Å². The average Bonchev–Trinajstić information content (AvgIpc) is 2.68. The number of halogens is 1. The standard InChI is InChI=1S/C22H25FN6O2/c1-22(2,3)31-19(30)13-25-15-7-5-9-17(11-15)28-21-26-12-18(23)20(29-21)27-16-8-4-6-14(24)10-16/h4-12,25H,13,24H2,1-3H3,(H2,26,27,28,29). The van der Waals surface area contributed by atoms with E-state index in [1.54, 1.807) is 42.5 Å². The SMILES string of the molecule is CC(C)(C)OC(=O)CNc1cccc(Nc2ncc(F)c(Nc3cccc(N)c3)n2)c1. The maximum Gasteiger partial charge on any atom is 0.325 e. The third-order valence-electron chi connectivity index (χ3n) is 3.87. The summed E-state index contributed by atoms with van der Waals surface area (Å²) in [5.74, 6) is -0.731. The maximum absolute atomic E-state index is 14.2. The molecule has 1 heterocycles. The van der Waals surface area contributed by atoms with Crippen molar-refractivity contribution in [3.8, 4) is 0 Å². The van der Waals surface area contributed by atoms with Crippen LogP contribution in [-0.2, 0) is 9.53 Å². The second-order valence-electron chi connectivity index (χ2n) is 7.79. The van der Waals surface area contributed by atoms with Crippen LogP contribution in [0.2, 0.25) is 0 Å². The Labute approximate surface area is 180 Å². The third kappa shape index (κ3) is 6.84. The van der Waals surface area contributed by atoms with Gasteiger partial charge in [-0.2, -0.15) is 4.98 Å². The zero-order chi connectivity index (χ0) is 22.4. The average molecular weight is 424 g/mol. The molecule has 0 fully saturated rings. The van der Waals surface area contributed by atoms with E-state index in [0.717, 1.165) is 6.20 Å². The highest BCUT2D eigenvalue weighted by Crippen LogP contribution is 2.23. The summed E-state index contributed by atoms with van der Waals surface area (Å²) in [6, 6.07) is 14.1. The van der Waals surface area contributed by atoms with Crippen molar-refractivity contribution in [2.24, 2.45) is 0 Å². The molecule has 0 spiro atoms. The van der Waals surface area contributed by atoms with E-state index in [2.05, 4.69) is 25.9 Å². The molecule has 3 rings (SSSR count). The highest BCUT2D eigenvalue weighted by Gasteiger charge is 2.16. The van der Waals surface area contributed by atoms with Gasteiger partial charge in [-0.1, -0.05) is 12.1 Å². The van der Waals surface area contributed by atoms with Crippen LogP contribution in [-0.4, -0.2) is 28.1 Å². The van der Waals surface area contributed by atoms with Crippen molar-refractivity contribution >= 4 is 40.5 Å². The van der Waals surface area contributed by atoms with E-state index in [-0.39, 0.29) is 24.3 Å². The van der Waals surface area contributed by atoms with Gasteiger partial charge in [0.25, 0.3) is 0 Å². The van der Waals surface area contributed by atoms with Crippen LogP contribution in [0.1, 0.15) is 20.8 Å². The Balaban J connectivity index is 1.67. The number of carbonyl (C=O) groups is 1. The van der Waals surface area contributed by atoms with Gasteiger partial charge in [-0.15, -0.1) is 0 Å². The summed E-state index contributed by atoms with van der Waals surface area (Å²) in [5, 5.41) is 8.93. The Morgan fingerprint density at radius 2 is 1.74 bits per heavy atom. The number of anilines is 6. The summed E-state index contributed by atoms with van der Waals surface area (Å²) >= 11 is 0. The molecule has 0 saturated carbocycles. The zero-order valence-electron chi connectivity index (χ0n) is 17.6. The number of aromatic nitrogens is 2. The van der Waals surface area contributed by atoms with E-state index in [0.29, 0.717) is 22.7 Å². The first-order valence-electron chi connectivity index (χ1n) is 9.66. The first-order chi connectivity index (χ1) is 14.7. The molecule has 162 valence electrons. The lowest BCUT2D eigenvalue weighted by molar-refractivity contribution is -0.152. The Hall–Kier alpha value is -3.88. The number of esters is 1.